The van der Waals surface area contributed by atoms with Gasteiger partial charge in [-0.1, -0.05) is 28.1 Å². The summed E-state index contributed by atoms with van der Waals surface area (Å²) in [6.45, 7) is 2.15. The minimum Gasteiger partial charge on any atom is -0.461 e. The molecule has 0 aromatic heterocycles. The van der Waals surface area contributed by atoms with E-state index >= 15 is 0 Å². The van der Waals surface area contributed by atoms with Gasteiger partial charge < -0.3 is 4.74 Å². The molecular weight excluding hydrogens is 438 g/mol. The average molecular weight is 458 g/mol. The molecule has 1 heterocycles. The number of rotatable bonds is 8. The van der Waals surface area contributed by atoms with E-state index in [9.17, 15) is 14.4 Å². The van der Waals surface area contributed by atoms with Crippen LogP contribution in [0, 0.1) is 0 Å². The van der Waals surface area contributed by atoms with E-state index in [4.69, 9.17) is 4.74 Å². The van der Waals surface area contributed by atoms with Gasteiger partial charge in [-0.25, -0.2) is 4.79 Å². The Morgan fingerprint density at radius 3 is 2.28 bits per heavy atom. The van der Waals surface area contributed by atoms with Gasteiger partial charge in [0.15, 0.2) is 0 Å². The van der Waals surface area contributed by atoms with Crippen molar-refractivity contribution >= 4 is 45.1 Å². The summed E-state index contributed by atoms with van der Waals surface area (Å²) in [4.78, 5) is 38.3. The predicted octanol–water partition coefficient (Wildman–Crippen LogP) is 3.86. The number of benzene rings is 2. The molecule has 7 nitrogen and oxygen atoms in total. The lowest BCUT2D eigenvalue weighted by atomic mass is 10.1. The Morgan fingerprint density at radius 2 is 1.69 bits per heavy atom. The second-order valence-corrected chi connectivity index (χ2v) is 7.22. The molecule has 2 aromatic rings. The third-order valence-electron chi connectivity index (χ3n) is 4.35. The molecule has 0 atom stereocenters. The molecule has 0 unspecified atom stereocenters. The molecule has 0 aliphatic carbocycles. The number of hydrazone groups is 1. The first-order chi connectivity index (χ1) is 14.0. The van der Waals surface area contributed by atoms with Crippen LogP contribution in [0.3, 0.4) is 0 Å². The highest BCUT2D eigenvalue weighted by atomic mass is 79.9. The Kier molecular flexibility index (Phi) is 6.77. The van der Waals surface area contributed by atoms with Crippen LogP contribution in [0.25, 0.3) is 0 Å². The summed E-state index contributed by atoms with van der Waals surface area (Å²) in [7, 11) is 0. The maximum absolute atomic E-state index is 12.4. The fraction of sp³-hybridized carbons (Fsp3) is 0.238. The fourth-order valence-electron chi connectivity index (χ4n) is 2.92. The molecule has 0 saturated heterocycles. The number of halogens is 1. The Morgan fingerprint density at radius 1 is 1.07 bits per heavy atom. The van der Waals surface area contributed by atoms with E-state index < -0.39 is 5.97 Å². The molecule has 1 aliphatic rings. The number of amides is 2. The van der Waals surface area contributed by atoms with Crippen LogP contribution >= 0.6 is 15.9 Å². The highest BCUT2D eigenvalue weighted by molar-refractivity contribution is 9.10. The molecule has 0 radical (unpaired) electrons. The summed E-state index contributed by atoms with van der Waals surface area (Å²) in [5.41, 5.74) is 4.58. The molecule has 0 fully saturated rings. The summed E-state index contributed by atoms with van der Waals surface area (Å²) in [5.74, 6) is -1.15. The number of carbonyl (C=O) groups excluding carboxylic acids is 3. The first-order valence-electron chi connectivity index (χ1n) is 9.21. The van der Waals surface area contributed by atoms with Gasteiger partial charge in [0.2, 0.25) is 0 Å². The van der Waals surface area contributed by atoms with Crippen LogP contribution in [0.5, 0.6) is 0 Å². The van der Waals surface area contributed by atoms with Gasteiger partial charge in [0.1, 0.15) is 5.71 Å². The van der Waals surface area contributed by atoms with Gasteiger partial charge in [-0.05, 0) is 49.7 Å². The Hall–Kier alpha value is -3.00. The number of ether oxygens (including phenoxy) is 1. The average Bonchev–Trinajstić information content (AvgIpc) is 2.97. The molecule has 1 N–H and O–H groups in total. The van der Waals surface area contributed by atoms with Crippen LogP contribution in [0.2, 0.25) is 0 Å². The molecule has 150 valence electrons. The van der Waals surface area contributed by atoms with E-state index in [1.165, 1.54) is 4.90 Å². The van der Waals surface area contributed by atoms with Crippen molar-refractivity contribution in [2.45, 2.75) is 19.8 Å². The molecular formula is C21H20BrN3O4. The zero-order valence-electron chi connectivity index (χ0n) is 15.9. The maximum atomic E-state index is 12.4. The van der Waals surface area contributed by atoms with Gasteiger partial charge in [-0.15, -0.1) is 0 Å². The largest absolute Gasteiger partial charge is 0.461 e. The number of carbonyl (C=O) groups is 3. The SMILES string of the molecule is CCOC(=O)/C(CCCN1C(=O)c2ccccc2C1=O)=N\Nc1ccc(Br)cc1. The lowest BCUT2D eigenvalue weighted by molar-refractivity contribution is -0.135. The van der Waals surface area contributed by atoms with E-state index in [-0.39, 0.29) is 37.1 Å². The summed E-state index contributed by atoms with van der Waals surface area (Å²) in [6, 6.07) is 14.1. The summed E-state index contributed by atoms with van der Waals surface area (Å²) in [5, 5.41) is 4.17. The van der Waals surface area contributed by atoms with E-state index in [0.717, 1.165) is 10.2 Å². The number of imide groups is 1. The first kappa shape index (κ1) is 20.7. The van der Waals surface area contributed by atoms with Crippen LogP contribution in [0.4, 0.5) is 5.69 Å². The second-order valence-electron chi connectivity index (χ2n) is 6.31. The van der Waals surface area contributed by atoms with Crippen molar-refractivity contribution in [3.8, 4) is 0 Å². The van der Waals surface area contributed by atoms with E-state index in [0.29, 0.717) is 17.5 Å². The lowest BCUT2D eigenvalue weighted by Gasteiger charge is -2.14. The molecule has 29 heavy (non-hydrogen) atoms. The van der Waals surface area contributed by atoms with Gasteiger partial charge >= 0.3 is 5.97 Å². The van der Waals surface area contributed by atoms with Crippen molar-refractivity contribution < 1.29 is 19.1 Å². The van der Waals surface area contributed by atoms with Crippen molar-refractivity contribution in [1.29, 1.82) is 0 Å². The molecule has 8 heteroatoms. The number of nitrogens with zero attached hydrogens (tertiary/aromatic N) is 2. The fourth-order valence-corrected chi connectivity index (χ4v) is 3.19. The van der Waals surface area contributed by atoms with Crippen molar-refractivity contribution in [3.05, 3.63) is 64.1 Å². The highest BCUT2D eigenvalue weighted by Crippen LogP contribution is 2.22. The highest BCUT2D eigenvalue weighted by Gasteiger charge is 2.34. The Balaban J connectivity index is 1.64. The molecule has 0 saturated carbocycles. The standard InChI is InChI=1S/C21H20BrN3O4/c1-2-29-21(28)18(24-23-15-11-9-14(22)10-12-15)8-5-13-25-19(26)16-6-3-4-7-17(16)20(25)27/h3-4,6-7,9-12,23H,2,5,8,13H2,1H3/b24-18-. The summed E-state index contributed by atoms with van der Waals surface area (Å²) >= 11 is 3.36. The summed E-state index contributed by atoms with van der Waals surface area (Å²) in [6.07, 6.45) is 0.654. The van der Waals surface area contributed by atoms with Crippen LogP contribution in [0.15, 0.2) is 58.1 Å². The van der Waals surface area contributed by atoms with Crippen LogP contribution in [-0.2, 0) is 9.53 Å². The molecule has 1 aliphatic heterocycles. The monoisotopic (exact) mass is 457 g/mol. The molecule has 0 bridgehead atoms. The molecule has 2 aromatic carbocycles. The Labute approximate surface area is 176 Å². The molecule has 2 amide bonds. The van der Waals surface area contributed by atoms with E-state index in [1.807, 2.05) is 24.3 Å². The van der Waals surface area contributed by atoms with Gasteiger partial charge in [0.05, 0.1) is 23.4 Å². The Bertz CT molecular complexity index is 922. The number of hydrogen-bond donors (Lipinski definition) is 1. The van der Waals surface area contributed by atoms with Crippen LogP contribution in [-0.4, -0.2) is 41.5 Å². The quantitative estimate of drug-likeness (QED) is 0.281. The van der Waals surface area contributed by atoms with Gasteiger partial charge in [0, 0.05) is 17.4 Å². The lowest BCUT2D eigenvalue weighted by Crippen LogP contribution is -2.31. The maximum Gasteiger partial charge on any atom is 0.354 e. The predicted molar refractivity (Wildman–Crippen MR) is 113 cm³/mol. The minimum absolute atomic E-state index is 0.197. The topological polar surface area (TPSA) is 88.1 Å². The normalized spacial score (nSPS) is 13.4. The van der Waals surface area contributed by atoms with Crippen LogP contribution in [0.1, 0.15) is 40.5 Å². The van der Waals surface area contributed by atoms with Crippen molar-refractivity contribution in [1.82, 2.24) is 4.90 Å². The minimum atomic E-state index is -0.528. The number of hydrogen-bond acceptors (Lipinski definition) is 6. The summed E-state index contributed by atoms with van der Waals surface area (Å²) < 4.78 is 5.99. The molecule has 0 spiro atoms. The zero-order valence-corrected chi connectivity index (χ0v) is 17.4. The third kappa shape index (κ3) is 4.89. The van der Waals surface area contributed by atoms with Gasteiger partial charge in [0.25, 0.3) is 11.8 Å². The zero-order chi connectivity index (χ0) is 20.8. The third-order valence-corrected chi connectivity index (χ3v) is 4.88. The number of esters is 1. The number of fused-ring (bicyclic) bond motifs is 1. The van der Waals surface area contributed by atoms with Crippen molar-refractivity contribution in [2.75, 3.05) is 18.6 Å². The van der Waals surface area contributed by atoms with Crippen molar-refractivity contribution in [2.24, 2.45) is 5.10 Å². The second kappa shape index (κ2) is 9.47. The van der Waals surface area contributed by atoms with E-state index in [1.54, 1.807) is 31.2 Å². The van der Waals surface area contributed by atoms with Crippen molar-refractivity contribution in [3.63, 3.8) is 0 Å². The molecule has 3 rings (SSSR count). The van der Waals surface area contributed by atoms with E-state index in [2.05, 4.69) is 26.5 Å². The van der Waals surface area contributed by atoms with Crippen LogP contribution < -0.4 is 5.43 Å². The number of nitrogens with one attached hydrogen (secondary N) is 1. The van der Waals surface area contributed by atoms with Gasteiger partial charge in [-0.3, -0.25) is 19.9 Å². The number of anilines is 1. The van der Waals surface area contributed by atoms with Gasteiger partial charge in [-0.2, -0.15) is 5.10 Å². The smallest absolute Gasteiger partial charge is 0.354 e. The first-order valence-corrected chi connectivity index (χ1v) is 10.0.